The number of halogens is 15. The Morgan fingerprint density at radius 3 is 1.04 bits per heavy atom. The van der Waals surface area contributed by atoms with Crippen molar-refractivity contribution in [3.05, 3.63) is 0 Å². The lowest BCUT2D eigenvalue weighted by Gasteiger charge is -2.39. The quantitative estimate of drug-likeness (QED) is 0.589. The Hall–Kier alpha value is -1.09. The first-order chi connectivity index (χ1) is 9.67. The van der Waals surface area contributed by atoms with Gasteiger partial charge in [-0.2, -0.15) is 65.9 Å². The zero-order valence-corrected chi connectivity index (χ0v) is 9.66. The molecule has 0 amide bonds. The van der Waals surface area contributed by atoms with Gasteiger partial charge < -0.3 is 0 Å². The molecule has 0 aromatic heterocycles. The Labute approximate surface area is 115 Å². The van der Waals surface area contributed by atoms with Crippen LogP contribution < -0.4 is 0 Å². The van der Waals surface area contributed by atoms with Gasteiger partial charge in [0.2, 0.25) is 0 Å². The predicted molar refractivity (Wildman–Crippen MR) is 37.9 cm³/mol. The Kier molecular flexibility index (Phi) is 5.22. The maximum atomic E-state index is 12.7. The third-order valence-corrected chi connectivity index (χ3v) is 2.14. The van der Waals surface area contributed by atoms with E-state index in [2.05, 4.69) is 0 Å². The third-order valence-electron chi connectivity index (χ3n) is 2.14. The van der Waals surface area contributed by atoms with Crippen molar-refractivity contribution in [2.24, 2.45) is 0 Å². The molecular formula is C7HF15O. The van der Waals surface area contributed by atoms with Crippen LogP contribution in [0, 0.1) is 0 Å². The second-order valence-electron chi connectivity index (χ2n) is 3.69. The van der Waals surface area contributed by atoms with E-state index in [0.29, 0.717) is 0 Å². The van der Waals surface area contributed by atoms with E-state index in [1.807, 2.05) is 0 Å². The molecule has 0 fully saturated rings. The van der Waals surface area contributed by atoms with E-state index in [4.69, 9.17) is 0 Å². The van der Waals surface area contributed by atoms with Crippen LogP contribution in [-0.4, -0.2) is 42.6 Å². The highest BCUT2D eigenvalue weighted by Crippen LogP contribution is 2.60. The number of rotatable bonds is 6. The summed E-state index contributed by atoms with van der Waals surface area (Å²) in [5, 5.41) is 0. The fourth-order valence-corrected chi connectivity index (χ4v) is 0.941. The van der Waals surface area contributed by atoms with Gasteiger partial charge in [0.15, 0.2) is 0 Å². The van der Waals surface area contributed by atoms with Gasteiger partial charge in [-0.3, -0.25) is 4.74 Å². The molecular weight excluding hydrogens is 385 g/mol. The average Bonchev–Trinajstić information content (AvgIpc) is 2.24. The SMILES string of the molecule is FC(F)OC(F)(F)C(F)(F)C(F)(F)C(F)(F)C(F)(F)C(F)(F)F. The fraction of sp³-hybridized carbons (Fsp3) is 1.00. The van der Waals surface area contributed by atoms with Crippen LogP contribution in [0.3, 0.4) is 0 Å². The van der Waals surface area contributed by atoms with Gasteiger partial charge in [0.05, 0.1) is 0 Å². The van der Waals surface area contributed by atoms with Crippen molar-refractivity contribution >= 4 is 0 Å². The summed E-state index contributed by atoms with van der Waals surface area (Å²) in [5.74, 6) is -32.1. The van der Waals surface area contributed by atoms with Crippen LogP contribution in [0.25, 0.3) is 0 Å². The first-order valence-corrected chi connectivity index (χ1v) is 4.58. The molecule has 0 aromatic carbocycles. The van der Waals surface area contributed by atoms with E-state index in [-0.39, 0.29) is 0 Å². The summed E-state index contributed by atoms with van der Waals surface area (Å²) in [6.07, 6.45) is -14.8. The fourth-order valence-electron chi connectivity index (χ4n) is 0.941. The van der Waals surface area contributed by atoms with E-state index in [0.717, 1.165) is 0 Å². The molecule has 16 heteroatoms. The monoisotopic (exact) mass is 386 g/mol. The summed E-state index contributed by atoms with van der Waals surface area (Å²) >= 11 is 0. The van der Waals surface area contributed by atoms with Crippen molar-refractivity contribution in [2.75, 3.05) is 0 Å². The molecule has 0 spiro atoms. The lowest BCUT2D eigenvalue weighted by atomic mass is 9.97. The van der Waals surface area contributed by atoms with Gasteiger partial charge in [-0.1, -0.05) is 0 Å². The van der Waals surface area contributed by atoms with Gasteiger partial charge in [0.25, 0.3) is 0 Å². The van der Waals surface area contributed by atoms with Crippen molar-refractivity contribution in [3.63, 3.8) is 0 Å². The average molecular weight is 386 g/mol. The molecule has 0 atom stereocenters. The molecule has 0 bridgehead atoms. The van der Waals surface area contributed by atoms with Crippen LogP contribution in [0.15, 0.2) is 0 Å². The van der Waals surface area contributed by atoms with Crippen LogP contribution in [-0.2, 0) is 4.74 Å². The normalized spacial score (nSPS) is 16.2. The first-order valence-electron chi connectivity index (χ1n) is 4.58. The molecule has 0 aromatic rings. The predicted octanol–water partition coefficient (Wildman–Crippen LogP) is 4.92. The summed E-state index contributed by atoms with van der Waals surface area (Å²) in [7, 11) is 0. The van der Waals surface area contributed by atoms with E-state index in [1.54, 1.807) is 4.74 Å². The maximum Gasteiger partial charge on any atom is 0.460 e. The number of hydrogen-bond donors (Lipinski definition) is 0. The lowest BCUT2D eigenvalue weighted by molar-refractivity contribution is -0.478. The number of alkyl halides is 15. The molecule has 0 N–H and O–H groups in total. The van der Waals surface area contributed by atoms with E-state index >= 15 is 0 Å². The molecule has 0 unspecified atom stereocenters. The molecule has 0 radical (unpaired) electrons. The summed E-state index contributed by atoms with van der Waals surface area (Å²) < 4.78 is 184. The standard InChI is InChI=1S/C7HF15O/c8-1(9)23-7(21,22)5(16,17)3(12,13)2(10,11)4(14,15)6(18,19)20/h1H. The smallest absolute Gasteiger partial charge is 0.253 e. The highest BCUT2D eigenvalue weighted by atomic mass is 19.4. The van der Waals surface area contributed by atoms with Crippen LogP contribution in [0.1, 0.15) is 0 Å². The third kappa shape index (κ3) is 3.13. The molecule has 23 heavy (non-hydrogen) atoms. The molecule has 1 nitrogen and oxygen atoms in total. The van der Waals surface area contributed by atoms with Gasteiger partial charge in [-0.25, -0.2) is 0 Å². The Bertz CT molecular complexity index is 420. The van der Waals surface area contributed by atoms with Crippen molar-refractivity contribution in [3.8, 4) is 0 Å². The van der Waals surface area contributed by atoms with Crippen LogP contribution in [0.2, 0.25) is 0 Å². The lowest BCUT2D eigenvalue weighted by Crippen LogP contribution is -2.70. The minimum atomic E-state index is -8.14. The minimum Gasteiger partial charge on any atom is -0.253 e. The van der Waals surface area contributed by atoms with Crippen molar-refractivity contribution < 1.29 is 70.6 Å². The van der Waals surface area contributed by atoms with Gasteiger partial charge in [0.1, 0.15) is 0 Å². The van der Waals surface area contributed by atoms with E-state index in [1.165, 1.54) is 0 Å². The molecule has 0 aliphatic carbocycles. The van der Waals surface area contributed by atoms with E-state index < -0.39 is 42.6 Å². The van der Waals surface area contributed by atoms with Crippen LogP contribution in [0.5, 0.6) is 0 Å². The Balaban J connectivity index is 6.14. The van der Waals surface area contributed by atoms with Crippen molar-refractivity contribution in [1.82, 2.24) is 0 Å². The summed E-state index contributed by atoms with van der Waals surface area (Å²) in [4.78, 5) is 0. The molecule has 0 aliphatic rings. The van der Waals surface area contributed by atoms with Crippen molar-refractivity contribution in [1.29, 1.82) is 0 Å². The second-order valence-corrected chi connectivity index (χ2v) is 3.69. The van der Waals surface area contributed by atoms with Crippen LogP contribution in [0.4, 0.5) is 65.9 Å². The van der Waals surface area contributed by atoms with Gasteiger partial charge in [0, 0.05) is 0 Å². The molecule has 0 saturated carbocycles. The van der Waals surface area contributed by atoms with Gasteiger partial charge in [-0.15, -0.1) is 0 Å². The maximum absolute atomic E-state index is 12.7. The first kappa shape index (κ1) is 21.9. The highest BCUT2D eigenvalue weighted by molar-refractivity contribution is 5.08. The largest absolute Gasteiger partial charge is 0.460 e. The summed E-state index contributed by atoms with van der Waals surface area (Å²) in [6.45, 7) is -4.98. The Morgan fingerprint density at radius 2 is 0.783 bits per heavy atom. The summed E-state index contributed by atoms with van der Waals surface area (Å²) in [5.41, 5.74) is 0. The molecule has 0 saturated heterocycles. The molecule has 0 aliphatic heterocycles. The zero-order chi connectivity index (χ0) is 19.3. The zero-order valence-electron chi connectivity index (χ0n) is 9.66. The second kappa shape index (κ2) is 5.47. The van der Waals surface area contributed by atoms with Crippen LogP contribution >= 0.6 is 0 Å². The molecule has 0 rings (SSSR count). The Morgan fingerprint density at radius 1 is 0.478 bits per heavy atom. The van der Waals surface area contributed by atoms with Crippen molar-refractivity contribution in [2.45, 2.75) is 42.6 Å². The molecule has 140 valence electrons. The summed E-state index contributed by atoms with van der Waals surface area (Å²) in [6, 6.07) is 0. The number of ether oxygens (including phenoxy) is 1. The van der Waals surface area contributed by atoms with Gasteiger partial charge in [-0.05, 0) is 0 Å². The van der Waals surface area contributed by atoms with E-state index in [9.17, 15) is 65.9 Å². The highest BCUT2D eigenvalue weighted by Gasteiger charge is 2.91. The number of hydrogen-bond acceptors (Lipinski definition) is 1. The molecule has 0 heterocycles. The topological polar surface area (TPSA) is 9.23 Å². The van der Waals surface area contributed by atoms with Gasteiger partial charge >= 0.3 is 42.6 Å². The minimum absolute atomic E-state index is 1.63.